The molecular formula is C31H36N6O6. The summed E-state index contributed by atoms with van der Waals surface area (Å²) in [6.45, 7) is 3.46. The molecule has 0 saturated carbocycles. The van der Waals surface area contributed by atoms with Gasteiger partial charge in [0.25, 0.3) is 5.56 Å². The summed E-state index contributed by atoms with van der Waals surface area (Å²) in [6, 6.07) is 15.0. The maximum absolute atomic E-state index is 13.4. The van der Waals surface area contributed by atoms with E-state index < -0.39 is 0 Å². The van der Waals surface area contributed by atoms with Crippen molar-refractivity contribution in [1.82, 2.24) is 30.1 Å². The fraction of sp³-hybridized carbons (Fsp3) is 0.355. The van der Waals surface area contributed by atoms with E-state index in [1.54, 1.807) is 45.5 Å². The number of nitrogens with zero attached hydrogens (tertiary/aromatic N) is 5. The molecule has 0 unspecified atom stereocenters. The molecule has 3 heterocycles. The number of rotatable bonds is 14. The molecule has 5 aromatic rings. The number of tetrazole rings is 1. The molecule has 0 saturated heterocycles. The zero-order valence-corrected chi connectivity index (χ0v) is 25.0. The number of hydrogen-bond donors (Lipinski definition) is 1. The number of nitrogens with one attached hydrogen (secondary N) is 1. The molecule has 12 heteroatoms. The van der Waals surface area contributed by atoms with Crippen LogP contribution < -0.4 is 24.5 Å². The molecule has 2 aromatic carbocycles. The van der Waals surface area contributed by atoms with Crippen molar-refractivity contribution in [2.24, 2.45) is 0 Å². The number of ether oxygens (including phenoxy) is 4. The fourth-order valence-electron chi connectivity index (χ4n) is 5.29. The van der Waals surface area contributed by atoms with E-state index >= 15 is 0 Å². The van der Waals surface area contributed by atoms with E-state index in [4.69, 9.17) is 23.4 Å². The van der Waals surface area contributed by atoms with Crippen molar-refractivity contribution in [3.63, 3.8) is 0 Å². The van der Waals surface area contributed by atoms with Gasteiger partial charge in [-0.2, -0.15) is 0 Å². The van der Waals surface area contributed by atoms with Crippen LogP contribution in [0.15, 0.2) is 64.0 Å². The van der Waals surface area contributed by atoms with Gasteiger partial charge < -0.3 is 28.3 Å². The van der Waals surface area contributed by atoms with Crippen LogP contribution in [0.3, 0.4) is 0 Å². The molecular weight excluding hydrogens is 552 g/mol. The molecule has 43 heavy (non-hydrogen) atoms. The Kier molecular flexibility index (Phi) is 9.26. The summed E-state index contributed by atoms with van der Waals surface area (Å²) in [5, 5.41) is 13.5. The van der Waals surface area contributed by atoms with E-state index in [9.17, 15) is 4.79 Å². The highest BCUT2D eigenvalue weighted by atomic mass is 16.5. The molecule has 1 atom stereocenters. The molecule has 0 spiro atoms. The van der Waals surface area contributed by atoms with E-state index in [0.29, 0.717) is 72.4 Å². The average Bonchev–Trinajstić information content (AvgIpc) is 3.72. The van der Waals surface area contributed by atoms with Crippen molar-refractivity contribution in [3.8, 4) is 23.0 Å². The Balaban J connectivity index is 1.50. The highest BCUT2D eigenvalue weighted by Gasteiger charge is 2.26. The molecule has 5 rings (SSSR count). The summed E-state index contributed by atoms with van der Waals surface area (Å²) in [5.41, 5.74) is 2.16. The Hall–Kier alpha value is -4.84. The lowest BCUT2D eigenvalue weighted by Crippen LogP contribution is -2.34. The topological polar surface area (TPSA) is 130 Å². The first kappa shape index (κ1) is 29.6. The third-order valence-corrected chi connectivity index (χ3v) is 7.51. The number of hydrogen-bond acceptors (Lipinski definition) is 10. The van der Waals surface area contributed by atoms with Crippen molar-refractivity contribution in [2.45, 2.75) is 38.9 Å². The monoisotopic (exact) mass is 588 g/mol. The largest absolute Gasteiger partial charge is 0.493 e. The number of aromatic nitrogens is 5. The van der Waals surface area contributed by atoms with Gasteiger partial charge in [-0.25, -0.2) is 4.68 Å². The van der Waals surface area contributed by atoms with Crippen molar-refractivity contribution in [3.05, 3.63) is 87.9 Å². The third-order valence-electron chi connectivity index (χ3n) is 7.51. The van der Waals surface area contributed by atoms with Gasteiger partial charge in [0.05, 0.1) is 46.3 Å². The molecule has 0 bridgehead atoms. The zero-order valence-electron chi connectivity index (χ0n) is 25.0. The smallest absolute Gasteiger partial charge is 0.252 e. The highest BCUT2D eigenvalue weighted by molar-refractivity contribution is 5.83. The Morgan fingerprint density at radius 1 is 0.953 bits per heavy atom. The van der Waals surface area contributed by atoms with Crippen LogP contribution in [0.4, 0.5) is 0 Å². The SMILES string of the molecule is CC[C@H](c1nnnn1Cc1ccco1)N(CCc1ccc(OC)c(OC)c1)Cc1cc2cc(OC)c(OC)cc2[nH]c1=O. The van der Waals surface area contributed by atoms with E-state index in [2.05, 4.69) is 32.3 Å². The summed E-state index contributed by atoms with van der Waals surface area (Å²) < 4.78 is 29.2. The van der Waals surface area contributed by atoms with Crippen molar-refractivity contribution in [2.75, 3.05) is 35.0 Å². The lowest BCUT2D eigenvalue weighted by atomic mass is 10.1. The predicted octanol–water partition coefficient (Wildman–Crippen LogP) is 4.39. The Morgan fingerprint density at radius 3 is 2.40 bits per heavy atom. The second kappa shape index (κ2) is 13.4. The maximum atomic E-state index is 13.4. The molecule has 0 radical (unpaired) electrons. The minimum absolute atomic E-state index is 0.180. The Bertz CT molecular complexity index is 1710. The van der Waals surface area contributed by atoms with Gasteiger partial charge in [-0.05, 0) is 65.2 Å². The third kappa shape index (κ3) is 6.49. The molecule has 0 fully saturated rings. The lowest BCUT2D eigenvalue weighted by Gasteiger charge is -2.30. The van der Waals surface area contributed by atoms with Gasteiger partial charge in [-0.15, -0.1) is 5.10 Å². The summed E-state index contributed by atoms with van der Waals surface area (Å²) in [6.07, 6.45) is 3.02. The van der Waals surface area contributed by atoms with E-state index in [1.807, 2.05) is 42.5 Å². The van der Waals surface area contributed by atoms with Gasteiger partial charge in [0.2, 0.25) is 0 Å². The molecule has 226 valence electrons. The average molecular weight is 589 g/mol. The van der Waals surface area contributed by atoms with E-state index in [1.165, 1.54) is 0 Å². The quantitative estimate of drug-likeness (QED) is 0.199. The van der Waals surface area contributed by atoms with Crippen LogP contribution in [-0.4, -0.2) is 65.1 Å². The normalized spacial score (nSPS) is 12.0. The summed E-state index contributed by atoms with van der Waals surface area (Å²) in [7, 11) is 6.39. The molecule has 3 aromatic heterocycles. The first-order chi connectivity index (χ1) is 21.0. The summed E-state index contributed by atoms with van der Waals surface area (Å²) in [5.74, 6) is 3.90. The van der Waals surface area contributed by atoms with E-state index in [0.717, 1.165) is 16.7 Å². The lowest BCUT2D eigenvalue weighted by molar-refractivity contribution is 0.171. The van der Waals surface area contributed by atoms with Gasteiger partial charge in [0.1, 0.15) is 12.3 Å². The van der Waals surface area contributed by atoms with Crippen LogP contribution in [0.1, 0.15) is 42.1 Å². The first-order valence-corrected chi connectivity index (χ1v) is 14.0. The number of benzene rings is 2. The van der Waals surface area contributed by atoms with Crippen LogP contribution in [0.25, 0.3) is 10.9 Å². The number of methoxy groups -OCH3 is 4. The molecule has 12 nitrogen and oxygen atoms in total. The van der Waals surface area contributed by atoms with Gasteiger partial charge in [-0.3, -0.25) is 9.69 Å². The summed E-state index contributed by atoms with van der Waals surface area (Å²) in [4.78, 5) is 18.6. The maximum Gasteiger partial charge on any atom is 0.252 e. The van der Waals surface area contributed by atoms with Crippen LogP contribution in [-0.2, 0) is 19.5 Å². The minimum Gasteiger partial charge on any atom is -0.493 e. The Morgan fingerprint density at radius 2 is 1.70 bits per heavy atom. The number of aromatic amines is 1. The van der Waals surface area contributed by atoms with Gasteiger partial charge in [0.15, 0.2) is 28.8 Å². The van der Waals surface area contributed by atoms with Gasteiger partial charge in [0, 0.05) is 30.1 Å². The first-order valence-electron chi connectivity index (χ1n) is 14.0. The number of pyridine rings is 1. The minimum atomic E-state index is -0.189. The second-order valence-corrected chi connectivity index (χ2v) is 10.0. The summed E-state index contributed by atoms with van der Waals surface area (Å²) >= 11 is 0. The number of fused-ring (bicyclic) bond motifs is 1. The standard InChI is InChI=1S/C31H36N6O6/c1-6-25(30-33-34-35-37(30)19-23-8-7-13-43-23)36(12-11-20-9-10-26(39-2)27(14-20)40-3)18-22-15-21-16-28(41-4)29(42-5)17-24(21)32-31(22)38/h7-10,13-17,25H,6,11-12,18-19H2,1-5H3,(H,32,38)/t25-/m1/s1. The number of furan rings is 1. The van der Waals surface area contributed by atoms with Crippen LogP contribution in [0.2, 0.25) is 0 Å². The number of H-pyrrole nitrogens is 1. The van der Waals surface area contributed by atoms with Crippen molar-refractivity contribution >= 4 is 10.9 Å². The molecule has 0 amide bonds. The van der Waals surface area contributed by atoms with Gasteiger partial charge >= 0.3 is 0 Å². The Labute approximate surface area is 249 Å². The van der Waals surface area contributed by atoms with Gasteiger partial charge in [-0.1, -0.05) is 13.0 Å². The molecule has 0 aliphatic carbocycles. The molecule has 0 aliphatic heterocycles. The predicted molar refractivity (Wildman–Crippen MR) is 160 cm³/mol. The highest BCUT2D eigenvalue weighted by Crippen LogP contribution is 2.32. The van der Waals surface area contributed by atoms with Crippen LogP contribution in [0, 0.1) is 0 Å². The van der Waals surface area contributed by atoms with Crippen molar-refractivity contribution in [1.29, 1.82) is 0 Å². The molecule has 1 N–H and O–H groups in total. The van der Waals surface area contributed by atoms with E-state index in [-0.39, 0.29) is 11.6 Å². The second-order valence-electron chi connectivity index (χ2n) is 10.0. The molecule has 0 aliphatic rings. The van der Waals surface area contributed by atoms with Crippen molar-refractivity contribution < 1.29 is 23.4 Å². The fourth-order valence-corrected chi connectivity index (χ4v) is 5.29. The van der Waals surface area contributed by atoms with Crippen LogP contribution >= 0.6 is 0 Å². The zero-order chi connectivity index (χ0) is 30.3. The van der Waals surface area contributed by atoms with Crippen LogP contribution in [0.5, 0.6) is 23.0 Å².